The predicted molar refractivity (Wildman–Crippen MR) is 134 cm³/mol. The van der Waals surface area contributed by atoms with Gasteiger partial charge in [-0.25, -0.2) is 9.78 Å². The number of nitrogens with zero attached hydrogens (tertiary/aromatic N) is 1. The van der Waals surface area contributed by atoms with E-state index in [0.29, 0.717) is 34.1 Å². The van der Waals surface area contributed by atoms with E-state index in [4.69, 9.17) is 21.7 Å². The zero-order chi connectivity index (χ0) is 23.3. The number of fused-ring (bicyclic) bond motifs is 1. The van der Waals surface area contributed by atoms with Crippen molar-refractivity contribution in [3.05, 3.63) is 51.5 Å². The van der Waals surface area contributed by atoms with E-state index in [1.165, 1.54) is 18.4 Å². The van der Waals surface area contributed by atoms with Gasteiger partial charge in [0.25, 0.3) is 5.91 Å². The largest absolute Gasteiger partial charge is 0.496 e. The van der Waals surface area contributed by atoms with Crippen LogP contribution in [0, 0.1) is 6.92 Å². The third-order valence-corrected chi connectivity index (χ3v) is 6.09. The summed E-state index contributed by atoms with van der Waals surface area (Å²) in [7, 11) is 1.51. The molecule has 0 spiro atoms. The lowest BCUT2D eigenvalue weighted by Crippen LogP contribution is -2.34. The van der Waals surface area contributed by atoms with Gasteiger partial charge >= 0.3 is 5.97 Å². The molecule has 0 saturated heterocycles. The van der Waals surface area contributed by atoms with Crippen LogP contribution in [0.5, 0.6) is 5.75 Å². The van der Waals surface area contributed by atoms with Crippen molar-refractivity contribution in [3.63, 3.8) is 0 Å². The van der Waals surface area contributed by atoms with E-state index < -0.39 is 5.91 Å². The molecule has 1 amide bonds. The molecule has 0 atom stereocenters. The number of anilines is 1. The van der Waals surface area contributed by atoms with Crippen LogP contribution in [-0.4, -0.2) is 35.7 Å². The Hall–Kier alpha value is -2.56. The molecule has 1 aromatic heterocycles. The number of halogens is 1. The first-order valence-electron chi connectivity index (χ1n) is 9.86. The SMILES string of the molecule is CCCCOC(=O)c1ccc2nc(NC(=S)NC(=O)c3cc(Br)cc(C)c3OC)sc2c1. The van der Waals surface area contributed by atoms with Crippen molar-refractivity contribution < 1.29 is 19.1 Å². The average molecular weight is 536 g/mol. The number of nitrogens with one attached hydrogen (secondary N) is 2. The number of carbonyl (C=O) groups excluding carboxylic acids is 2. The van der Waals surface area contributed by atoms with Gasteiger partial charge in [-0.2, -0.15) is 0 Å². The van der Waals surface area contributed by atoms with E-state index in [2.05, 4.69) is 31.5 Å². The maximum Gasteiger partial charge on any atom is 0.338 e. The molecule has 0 aliphatic carbocycles. The Labute approximate surface area is 203 Å². The maximum absolute atomic E-state index is 12.7. The molecule has 0 aliphatic rings. The second kappa shape index (κ2) is 10.8. The van der Waals surface area contributed by atoms with E-state index in [-0.39, 0.29) is 11.1 Å². The highest BCUT2D eigenvalue weighted by atomic mass is 79.9. The highest BCUT2D eigenvalue weighted by Gasteiger charge is 2.17. The molecule has 10 heteroatoms. The van der Waals surface area contributed by atoms with Crippen LogP contribution in [0.15, 0.2) is 34.8 Å². The molecule has 3 rings (SSSR count). The van der Waals surface area contributed by atoms with Gasteiger partial charge in [0.05, 0.1) is 35.1 Å². The summed E-state index contributed by atoms with van der Waals surface area (Å²) in [6, 6.07) is 8.71. The number of amides is 1. The fraction of sp³-hybridized carbons (Fsp3) is 0.273. The van der Waals surface area contributed by atoms with Gasteiger partial charge in [0.2, 0.25) is 0 Å². The van der Waals surface area contributed by atoms with Crippen LogP contribution >= 0.6 is 39.5 Å². The fourth-order valence-electron chi connectivity index (χ4n) is 2.97. The minimum absolute atomic E-state index is 0.105. The van der Waals surface area contributed by atoms with Gasteiger partial charge in [-0.1, -0.05) is 40.6 Å². The molecule has 0 fully saturated rings. The number of aromatic nitrogens is 1. The van der Waals surface area contributed by atoms with E-state index in [1.807, 2.05) is 19.9 Å². The number of esters is 1. The maximum atomic E-state index is 12.7. The Kier molecular flexibility index (Phi) is 8.16. The summed E-state index contributed by atoms with van der Waals surface area (Å²) in [6.45, 7) is 4.29. The minimum Gasteiger partial charge on any atom is -0.496 e. The molecule has 0 saturated carbocycles. The number of thiocarbonyl (C=S) groups is 1. The summed E-state index contributed by atoms with van der Waals surface area (Å²) >= 11 is 10.00. The van der Waals surface area contributed by atoms with Gasteiger partial charge in [-0.15, -0.1) is 0 Å². The van der Waals surface area contributed by atoms with Gasteiger partial charge in [-0.3, -0.25) is 10.1 Å². The number of methoxy groups -OCH3 is 1. The Balaban J connectivity index is 1.69. The molecule has 168 valence electrons. The highest BCUT2D eigenvalue weighted by molar-refractivity contribution is 9.10. The number of thiazole rings is 1. The molecule has 32 heavy (non-hydrogen) atoms. The zero-order valence-corrected chi connectivity index (χ0v) is 21.0. The zero-order valence-electron chi connectivity index (χ0n) is 17.8. The van der Waals surface area contributed by atoms with Crippen LogP contribution in [0.25, 0.3) is 10.2 Å². The van der Waals surface area contributed by atoms with Crippen LogP contribution in [-0.2, 0) is 4.74 Å². The van der Waals surface area contributed by atoms with Crippen molar-refractivity contribution in [3.8, 4) is 5.75 Å². The van der Waals surface area contributed by atoms with Crippen LogP contribution < -0.4 is 15.4 Å². The second-order valence-corrected chi connectivity index (χ2v) is 9.26. The third kappa shape index (κ3) is 5.81. The number of rotatable bonds is 7. The molecule has 0 aliphatic heterocycles. The summed E-state index contributed by atoms with van der Waals surface area (Å²) in [5.74, 6) is -0.280. The number of aryl methyl sites for hydroxylation is 1. The van der Waals surface area contributed by atoms with Gasteiger partial charge in [0, 0.05) is 4.47 Å². The average Bonchev–Trinajstić information content (AvgIpc) is 3.14. The number of unbranched alkanes of at least 4 members (excludes halogenated alkanes) is 1. The van der Waals surface area contributed by atoms with Crippen molar-refractivity contribution in [1.29, 1.82) is 0 Å². The Bertz CT molecular complexity index is 1180. The molecular weight excluding hydrogens is 514 g/mol. The van der Waals surface area contributed by atoms with Crippen molar-refractivity contribution in [2.75, 3.05) is 19.0 Å². The van der Waals surface area contributed by atoms with E-state index >= 15 is 0 Å². The number of carbonyl (C=O) groups is 2. The number of hydrogen-bond acceptors (Lipinski definition) is 7. The molecule has 1 heterocycles. The molecule has 2 aromatic carbocycles. The summed E-state index contributed by atoms with van der Waals surface area (Å²) in [5, 5.41) is 6.18. The lowest BCUT2D eigenvalue weighted by atomic mass is 10.1. The molecule has 7 nitrogen and oxygen atoms in total. The van der Waals surface area contributed by atoms with E-state index in [9.17, 15) is 9.59 Å². The Morgan fingerprint density at radius 1 is 1.25 bits per heavy atom. The van der Waals surface area contributed by atoms with Crippen LogP contribution in [0.1, 0.15) is 46.0 Å². The first-order valence-corrected chi connectivity index (χ1v) is 11.9. The van der Waals surface area contributed by atoms with Crippen molar-refractivity contribution in [1.82, 2.24) is 10.3 Å². The lowest BCUT2D eigenvalue weighted by molar-refractivity contribution is 0.0500. The van der Waals surface area contributed by atoms with Crippen LogP contribution in [0.2, 0.25) is 0 Å². The quantitative estimate of drug-likeness (QED) is 0.236. The number of hydrogen-bond donors (Lipinski definition) is 2. The van der Waals surface area contributed by atoms with E-state index in [1.54, 1.807) is 24.3 Å². The molecule has 0 bridgehead atoms. The van der Waals surface area contributed by atoms with Crippen molar-refractivity contribution in [2.45, 2.75) is 26.7 Å². The molecule has 0 radical (unpaired) electrons. The topological polar surface area (TPSA) is 89.5 Å². The summed E-state index contributed by atoms with van der Waals surface area (Å²) in [5.41, 5.74) is 2.36. The minimum atomic E-state index is -0.401. The number of ether oxygens (including phenoxy) is 2. The standard InChI is InChI=1S/C22H22BrN3O4S2/c1-4-5-8-30-20(28)13-6-7-16-17(10-13)32-22(24-16)26-21(31)25-19(27)15-11-14(23)9-12(2)18(15)29-3/h6-7,9-11H,4-5,8H2,1-3H3,(H2,24,25,26,27,31). The normalized spacial score (nSPS) is 10.6. The third-order valence-electron chi connectivity index (χ3n) is 4.49. The monoisotopic (exact) mass is 535 g/mol. The smallest absolute Gasteiger partial charge is 0.338 e. The Morgan fingerprint density at radius 2 is 2.03 bits per heavy atom. The van der Waals surface area contributed by atoms with Gasteiger partial charge in [0.15, 0.2) is 10.2 Å². The van der Waals surface area contributed by atoms with Gasteiger partial charge in [-0.05, 0) is 61.5 Å². The van der Waals surface area contributed by atoms with E-state index in [0.717, 1.165) is 27.6 Å². The summed E-state index contributed by atoms with van der Waals surface area (Å²) < 4.78 is 12.2. The first-order chi connectivity index (χ1) is 15.3. The second-order valence-electron chi connectivity index (χ2n) is 6.90. The molecule has 0 unspecified atom stereocenters. The van der Waals surface area contributed by atoms with Crippen LogP contribution in [0.4, 0.5) is 5.13 Å². The number of benzene rings is 2. The Morgan fingerprint density at radius 3 is 2.75 bits per heavy atom. The van der Waals surface area contributed by atoms with Crippen molar-refractivity contribution >= 4 is 71.8 Å². The molecule has 2 N–H and O–H groups in total. The van der Waals surface area contributed by atoms with Crippen molar-refractivity contribution in [2.24, 2.45) is 0 Å². The first kappa shape index (κ1) is 24.1. The van der Waals surface area contributed by atoms with Crippen LogP contribution in [0.3, 0.4) is 0 Å². The van der Waals surface area contributed by atoms with Gasteiger partial charge in [0.1, 0.15) is 5.75 Å². The lowest BCUT2D eigenvalue weighted by Gasteiger charge is -2.13. The van der Waals surface area contributed by atoms with Gasteiger partial charge < -0.3 is 14.8 Å². The summed E-state index contributed by atoms with van der Waals surface area (Å²) in [4.78, 5) is 29.3. The molecule has 3 aromatic rings. The fourth-order valence-corrected chi connectivity index (χ4v) is 4.70. The predicted octanol–water partition coefficient (Wildman–Crippen LogP) is 5.46. The summed E-state index contributed by atoms with van der Waals surface area (Å²) in [6.07, 6.45) is 1.79. The molecular formula is C22H22BrN3O4S2. The highest BCUT2D eigenvalue weighted by Crippen LogP contribution is 2.29.